The van der Waals surface area contributed by atoms with Gasteiger partial charge in [0.25, 0.3) is 0 Å². The average Bonchev–Trinajstić information content (AvgIpc) is 1.39. The molecule has 0 fully saturated rings. The largest absolute Gasteiger partial charge is 0.472 e. The Labute approximate surface area is 607 Å². The lowest BCUT2D eigenvalue weighted by atomic mass is 9.99. The van der Waals surface area contributed by atoms with Crippen molar-refractivity contribution >= 4 is 39.5 Å². The molecule has 5 unspecified atom stereocenters. The minimum Gasteiger partial charge on any atom is -0.462 e. The van der Waals surface area contributed by atoms with E-state index < -0.39 is 97.5 Å². The molecule has 588 valence electrons. The summed E-state index contributed by atoms with van der Waals surface area (Å²) >= 11 is 0. The van der Waals surface area contributed by atoms with Crippen molar-refractivity contribution in [2.24, 2.45) is 23.7 Å². The molecular weight excluding hydrogens is 1290 g/mol. The number of carbonyl (C=O) groups excluding carboxylic acids is 4. The Morgan fingerprint density at radius 3 is 0.717 bits per heavy atom. The lowest BCUT2D eigenvalue weighted by Gasteiger charge is -2.21. The van der Waals surface area contributed by atoms with E-state index in [0.717, 1.165) is 120 Å². The van der Waals surface area contributed by atoms with E-state index in [2.05, 4.69) is 55.4 Å². The molecule has 0 spiro atoms. The van der Waals surface area contributed by atoms with E-state index in [1.807, 2.05) is 0 Å². The predicted molar refractivity (Wildman–Crippen MR) is 404 cm³/mol. The Hall–Kier alpha value is -1.94. The number of ether oxygens (including phenoxy) is 4. The van der Waals surface area contributed by atoms with Crippen LogP contribution in [-0.4, -0.2) is 96.7 Å². The zero-order chi connectivity index (χ0) is 73.1. The lowest BCUT2D eigenvalue weighted by molar-refractivity contribution is -0.161. The van der Waals surface area contributed by atoms with Crippen LogP contribution >= 0.6 is 15.6 Å². The third kappa shape index (κ3) is 70.2. The van der Waals surface area contributed by atoms with Crippen LogP contribution in [0.15, 0.2) is 0 Å². The number of hydrogen-bond donors (Lipinski definition) is 3. The lowest BCUT2D eigenvalue weighted by Crippen LogP contribution is -2.30. The third-order valence-corrected chi connectivity index (χ3v) is 21.6. The molecule has 0 bridgehead atoms. The normalized spacial score (nSPS) is 14.9. The van der Waals surface area contributed by atoms with Crippen LogP contribution in [0.25, 0.3) is 0 Å². The topological polar surface area (TPSA) is 237 Å². The first-order valence-electron chi connectivity index (χ1n) is 41.3. The maximum absolute atomic E-state index is 13.1. The van der Waals surface area contributed by atoms with Gasteiger partial charge in [-0.05, 0) is 49.4 Å². The molecule has 8 atom stereocenters. The Morgan fingerprint density at radius 2 is 0.485 bits per heavy atom. The van der Waals surface area contributed by atoms with Gasteiger partial charge in [-0.15, -0.1) is 0 Å². The van der Waals surface area contributed by atoms with Gasteiger partial charge in [-0.2, -0.15) is 0 Å². The highest BCUT2D eigenvalue weighted by Gasteiger charge is 2.30. The second-order valence-corrected chi connectivity index (χ2v) is 32.9. The molecule has 0 aliphatic carbocycles. The zero-order valence-electron chi connectivity index (χ0n) is 65.1. The summed E-state index contributed by atoms with van der Waals surface area (Å²) in [7, 11) is -9.92. The minimum absolute atomic E-state index is 0.105. The molecule has 99 heavy (non-hydrogen) atoms. The molecule has 0 aromatic heterocycles. The summed E-state index contributed by atoms with van der Waals surface area (Å²) in [5.41, 5.74) is 0. The van der Waals surface area contributed by atoms with Crippen molar-refractivity contribution in [3.8, 4) is 0 Å². The number of phosphoric ester groups is 2. The number of esters is 4. The first-order chi connectivity index (χ1) is 47.7. The van der Waals surface area contributed by atoms with Crippen molar-refractivity contribution in [1.29, 1.82) is 0 Å². The van der Waals surface area contributed by atoms with Crippen LogP contribution < -0.4 is 0 Å². The molecule has 0 radical (unpaired) electrons. The van der Waals surface area contributed by atoms with E-state index in [9.17, 15) is 43.2 Å². The van der Waals surface area contributed by atoms with E-state index >= 15 is 0 Å². The Balaban J connectivity index is 5.22. The number of carbonyl (C=O) groups is 4. The number of phosphoric acid groups is 2. The maximum Gasteiger partial charge on any atom is 0.472 e. The quantitative estimate of drug-likeness (QED) is 0.0222. The van der Waals surface area contributed by atoms with Crippen molar-refractivity contribution in [2.75, 3.05) is 39.6 Å². The second-order valence-electron chi connectivity index (χ2n) is 30.0. The van der Waals surface area contributed by atoms with Crippen LogP contribution in [0, 0.1) is 23.7 Å². The number of rotatable bonds is 77. The molecule has 0 saturated carbocycles. The highest BCUT2D eigenvalue weighted by atomic mass is 31.2. The molecule has 17 nitrogen and oxygen atoms in total. The third-order valence-electron chi connectivity index (χ3n) is 19.7. The van der Waals surface area contributed by atoms with Crippen molar-refractivity contribution in [3.63, 3.8) is 0 Å². The van der Waals surface area contributed by atoms with Gasteiger partial charge in [0.05, 0.1) is 26.4 Å². The smallest absolute Gasteiger partial charge is 0.462 e. The zero-order valence-corrected chi connectivity index (χ0v) is 66.9. The molecular formula is C80H156O17P2. The number of aliphatic hydroxyl groups excluding tert-OH is 1. The average molecular weight is 1450 g/mol. The van der Waals surface area contributed by atoms with Gasteiger partial charge in [-0.3, -0.25) is 37.3 Å². The predicted octanol–water partition coefficient (Wildman–Crippen LogP) is 23.6. The van der Waals surface area contributed by atoms with E-state index in [1.165, 1.54) is 205 Å². The minimum atomic E-state index is -4.96. The van der Waals surface area contributed by atoms with Crippen molar-refractivity contribution in [1.82, 2.24) is 0 Å². The van der Waals surface area contributed by atoms with Gasteiger partial charge in [0.2, 0.25) is 0 Å². The fourth-order valence-corrected chi connectivity index (χ4v) is 13.7. The van der Waals surface area contributed by atoms with Gasteiger partial charge in [-0.25, -0.2) is 9.13 Å². The maximum atomic E-state index is 13.1. The van der Waals surface area contributed by atoms with Crippen molar-refractivity contribution < 1.29 is 80.2 Å². The molecule has 0 aliphatic rings. The highest BCUT2D eigenvalue weighted by Crippen LogP contribution is 2.45. The standard InChI is InChI=1S/C80H156O17P2/c1-9-71(6)57-49-41-33-27-22-24-30-36-46-54-62-79(84)96-75(66-90-77(82)60-52-44-35-29-21-19-17-15-13-12-14-16-18-20-26-32-40-48-56-70(4)5)68-94-98(86,87)92-64-74(81)65-93-99(88,89)95-69-76(67-91-78(83)61-53-45-39-38-43-51-59-73(8)11-3)97-80(85)63-55-47-37-31-25-23-28-34-42-50-58-72(7)10-2/h70-76,81H,9-69H2,1-8H3,(H,86,87)(H,88,89)/t71?,72?,73?,74-,75-,76-/m1/s1. The highest BCUT2D eigenvalue weighted by molar-refractivity contribution is 7.47. The van der Waals surface area contributed by atoms with Crippen LogP contribution in [0.5, 0.6) is 0 Å². The summed E-state index contributed by atoms with van der Waals surface area (Å²) in [5.74, 6) is 1.04. The van der Waals surface area contributed by atoms with Crippen LogP contribution in [0.1, 0.15) is 409 Å². The molecule has 0 aromatic rings. The fourth-order valence-electron chi connectivity index (χ4n) is 12.2. The number of unbranched alkanes of at least 4 members (excludes halogenated alkanes) is 40. The second kappa shape index (κ2) is 69.1. The van der Waals surface area contributed by atoms with Crippen LogP contribution in [0.3, 0.4) is 0 Å². The van der Waals surface area contributed by atoms with Crippen LogP contribution in [0.2, 0.25) is 0 Å². The fraction of sp³-hybridized carbons (Fsp3) is 0.950. The monoisotopic (exact) mass is 1450 g/mol. The van der Waals surface area contributed by atoms with Gasteiger partial charge >= 0.3 is 39.5 Å². The summed E-state index contributed by atoms with van der Waals surface area (Å²) < 4.78 is 68.7. The summed E-state index contributed by atoms with van der Waals surface area (Å²) in [6, 6.07) is 0. The van der Waals surface area contributed by atoms with Gasteiger partial charge in [0.15, 0.2) is 12.2 Å². The van der Waals surface area contributed by atoms with E-state index in [0.29, 0.717) is 25.7 Å². The number of hydrogen-bond acceptors (Lipinski definition) is 15. The summed E-state index contributed by atoms with van der Waals surface area (Å²) in [5, 5.41) is 10.6. The van der Waals surface area contributed by atoms with Gasteiger partial charge in [0, 0.05) is 25.7 Å². The molecule has 0 amide bonds. The molecule has 0 rings (SSSR count). The SMILES string of the molecule is CCC(C)CCCCCCCCCCCCC(=O)O[C@H](COC(=O)CCCCCCCCCCCCCCCCCCCCC(C)C)COP(=O)(O)OC[C@@H](O)COP(=O)(O)OC[C@@H](COC(=O)CCCCCCCCC(C)CC)OC(=O)CCCCCCCCCCCCC(C)CC. The summed E-state index contributed by atoms with van der Waals surface area (Å²) in [4.78, 5) is 73.0. The Morgan fingerprint density at radius 1 is 0.283 bits per heavy atom. The Bertz CT molecular complexity index is 1940. The summed E-state index contributed by atoms with van der Waals surface area (Å²) in [6.45, 7) is 14.3. The molecule has 0 saturated heterocycles. The van der Waals surface area contributed by atoms with Crippen LogP contribution in [-0.2, 0) is 65.4 Å². The summed E-state index contributed by atoms with van der Waals surface area (Å²) in [6.07, 6.45) is 55.5. The van der Waals surface area contributed by atoms with E-state index in [1.54, 1.807) is 0 Å². The molecule has 0 aromatic carbocycles. The first kappa shape index (κ1) is 97.1. The van der Waals surface area contributed by atoms with E-state index in [-0.39, 0.29) is 25.7 Å². The van der Waals surface area contributed by atoms with Crippen molar-refractivity contribution in [3.05, 3.63) is 0 Å². The molecule has 19 heteroatoms. The number of aliphatic hydroxyl groups is 1. The van der Waals surface area contributed by atoms with Gasteiger partial charge in [-0.1, -0.05) is 357 Å². The van der Waals surface area contributed by atoms with Gasteiger partial charge in [0.1, 0.15) is 19.3 Å². The molecule has 0 aliphatic heterocycles. The van der Waals surface area contributed by atoms with Gasteiger partial charge < -0.3 is 33.8 Å². The van der Waals surface area contributed by atoms with Crippen molar-refractivity contribution in [2.45, 2.75) is 427 Å². The Kier molecular flexibility index (Phi) is 67.8. The first-order valence-corrected chi connectivity index (χ1v) is 44.3. The van der Waals surface area contributed by atoms with Crippen LogP contribution in [0.4, 0.5) is 0 Å². The molecule has 0 heterocycles. The van der Waals surface area contributed by atoms with E-state index in [4.69, 9.17) is 37.0 Å². The molecule has 3 N–H and O–H groups in total.